The minimum Gasteiger partial charge on any atom is -0.340 e. The molecule has 0 spiro atoms. The number of rotatable bonds is 2. The van der Waals surface area contributed by atoms with E-state index in [1.54, 1.807) is 11.3 Å². The van der Waals surface area contributed by atoms with E-state index in [1.807, 2.05) is 25.4 Å². The number of nitrogens with zero attached hydrogens (tertiary/aromatic N) is 1. The average molecular weight is 207 g/mol. The third kappa shape index (κ3) is 1.71. The zero-order chi connectivity index (χ0) is 10.2. The van der Waals surface area contributed by atoms with E-state index >= 15 is 0 Å². The molecule has 2 aromatic rings. The summed E-state index contributed by atoms with van der Waals surface area (Å²) >= 11 is 1.67. The van der Waals surface area contributed by atoms with Crippen molar-refractivity contribution in [2.45, 2.75) is 19.4 Å². The van der Waals surface area contributed by atoms with Gasteiger partial charge in [-0.15, -0.1) is 0 Å². The Morgan fingerprint density at radius 1 is 1.50 bits per heavy atom. The van der Waals surface area contributed by atoms with Crippen molar-refractivity contribution in [2.24, 2.45) is 5.73 Å². The van der Waals surface area contributed by atoms with E-state index in [2.05, 4.69) is 21.4 Å². The molecule has 0 radical (unpaired) electrons. The standard InChI is InChI=1S/C10H13N3S/c1-10(2,11)9-12-5-8(13-9)7-3-4-14-6-7/h3-6H,11H2,1-2H3,(H,12,13). The Kier molecular flexibility index (Phi) is 2.17. The van der Waals surface area contributed by atoms with Crippen LogP contribution >= 0.6 is 11.3 Å². The monoisotopic (exact) mass is 207 g/mol. The van der Waals surface area contributed by atoms with Crippen molar-refractivity contribution < 1.29 is 0 Å². The summed E-state index contributed by atoms with van der Waals surface area (Å²) in [5.74, 6) is 0.818. The molecule has 3 N–H and O–H groups in total. The molecular weight excluding hydrogens is 194 g/mol. The highest BCUT2D eigenvalue weighted by Crippen LogP contribution is 2.22. The number of nitrogens with one attached hydrogen (secondary N) is 1. The number of aromatic nitrogens is 2. The molecule has 0 bridgehead atoms. The van der Waals surface area contributed by atoms with Gasteiger partial charge in [0.1, 0.15) is 5.82 Å². The fourth-order valence-electron chi connectivity index (χ4n) is 1.21. The molecule has 0 fully saturated rings. The molecular formula is C10H13N3S. The molecule has 0 aromatic carbocycles. The predicted molar refractivity (Wildman–Crippen MR) is 59.1 cm³/mol. The van der Waals surface area contributed by atoms with E-state index in [-0.39, 0.29) is 0 Å². The van der Waals surface area contributed by atoms with Gasteiger partial charge in [-0.3, -0.25) is 0 Å². The summed E-state index contributed by atoms with van der Waals surface area (Å²) < 4.78 is 0. The Morgan fingerprint density at radius 2 is 2.29 bits per heavy atom. The van der Waals surface area contributed by atoms with Crippen molar-refractivity contribution in [3.8, 4) is 11.3 Å². The molecule has 14 heavy (non-hydrogen) atoms. The van der Waals surface area contributed by atoms with Gasteiger partial charge in [0.2, 0.25) is 0 Å². The summed E-state index contributed by atoms with van der Waals surface area (Å²) in [4.78, 5) is 7.49. The summed E-state index contributed by atoms with van der Waals surface area (Å²) in [6, 6.07) is 2.06. The SMILES string of the molecule is CC(C)(N)c1ncc(-c2ccsc2)[nH]1. The molecule has 2 aromatic heterocycles. The number of hydrogen-bond acceptors (Lipinski definition) is 3. The van der Waals surface area contributed by atoms with Gasteiger partial charge >= 0.3 is 0 Å². The van der Waals surface area contributed by atoms with Crippen LogP contribution in [0.4, 0.5) is 0 Å². The lowest BCUT2D eigenvalue weighted by Crippen LogP contribution is -2.30. The molecule has 4 heteroatoms. The first-order valence-electron chi connectivity index (χ1n) is 4.44. The molecule has 0 amide bonds. The molecule has 0 aliphatic carbocycles. The molecule has 0 aliphatic rings. The minimum absolute atomic E-state index is 0.408. The highest BCUT2D eigenvalue weighted by molar-refractivity contribution is 7.08. The topological polar surface area (TPSA) is 54.7 Å². The second kappa shape index (κ2) is 3.22. The van der Waals surface area contributed by atoms with E-state index in [0.717, 1.165) is 17.1 Å². The third-order valence-electron chi connectivity index (χ3n) is 2.02. The molecule has 0 saturated carbocycles. The molecule has 0 unspecified atom stereocenters. The molecule has 2 rings (SSSR count). The molecule has 2 heterocycles. The van der Waals surface area contributed by atoms with Gasteiger partial charge in [-0.2, -0.15) is 11.3 Å². The third-order valence-corrected chi connectivity index (χ3v) is 2.70. The summed E-state index contributed by atoms with van der Waals surface area (Å²) in [6.07, 6.45) is 1.83. The van der Waals surface area contributed by atoms with E-state index in [1.165, 1.54) is 0 Å². The van der Waals surface area contributed by atoms with Crippen LogP contribution in [0.2, 0.25) is 0 Å². The van der Waals surface area contributed by atoms with Gasteiger partial charge in [-0.25, -0.2) is 4.98 Å². The van der Waals surface area contributed by atoms with Crippen LogP contribution < -0.4 is 5.73 Å². The van der Waals surface area contributed by atoms with Gasteiger partial charge in [0, 0.05) is 10.9 Å². The van der Waals surface area contributed by atoms with Crippen LogP contribution in [-0.4, -0.2) is 9.97 Å². The minimum atomic E-state index is -0.408. The number of aromatic amines is 1. The van der Waals surface area contributed by atoms with Gasteiger partial charge in [-0.05, 0) is 25.3 Å². The van der Waals surface area contributed by atoms with Gasteiger partial charge in [0.15, 0.2) is 0 Å². The zero-order valence-electron chi connectivity index (χ0n) is 8.24. The summed E-state index contributed by atoms with van der Waals surface area (Å²) in [6.45, 7) is 3.87. The van der Waals surface area contributed by atoms with Gasteiger partial charge in [-0.1, -0.05) is 0 Å². The number of H-pyrrole nitrogens is 1. The molecule has 0 aliphatic heterocycles. The van der Waals surface area contributed by atoms with Crippen LogP contribution in [0.5, 0.6) is 0 Å². The fourth-order valence-corrected chi connectivity index (χ4v) is 1.87. The van der Waals surface area contributed by atoms with Crippen molar-refractivity contribution in [2.75, 3.05) is 0 Å². The maximum absolute atomic E-state index is 5.93. The lowest BCUT2D eigenvalue weighted by atomic mass is 10.1. The molecule has 0 atom stereocenters. The van der Waals surface area contributed by atoms with Gasteiger partial charge in [0.25, 0.3) is 0 Å². The molecule has 3 nitrogen and oxygen atoms in total. The van der Waals surface area contributed by atoms with Crippen LogP contribution in [0.1, 0.15) is 19.7 Å². The van der Waals surface area contributed by atoms with E-state index < -0.39 is 5.54 Å². The average Bonchev–Trinajstić information content (AvgIpc) is 2.73. The van der Waals surface area contributed by atoms with E-state index in [9.17, 15) is 0 Å². The van der Waals surface area contributed by atoms with Gasteiger partial charge in [0.05, 0.1) is 17.4 Å². The first-order valence-corrected chi connectivity index (χ1v) is 5.38. The maximum atomic E-state index is 5.93. The van der Waals surface area contributed by atoms with Crippen LogP contribution in [0, 0.1) is 0 Å². The first-order chi connectivity index (χ1) is 6.57. The van der Waals surface area contributed by atoms with E-state index in [0.29, 0.717) is 0 Å². The number of hydrogen-bond donors (Lipinski definition) is 2. The van der Waals surface area contributed by atoms with Crippen molar-refractivity contribution in [3.05, 3.63) is 28.8 Å². The van der Waals surface area contributed by atoms with E-state index in [4.69, 9.17) is 5.73 Å². The normalized spacial score (nSPS) is 11.9. The van der Waals surface area contributed by atoms with Crippen LogP contribution in [0.15, 0.2) is 23.0 Å². The fraction of sp³-hybridized carbons (Fsp3) is 0.300. The first kappa shape index (κ1) is 9.43. The van der Waals surface area contributed by atoms with Crippen molar-refractivity contribution in [1.29, 1.82) is 0 Å². The largest absolute Gasteiger partial charge is 0.340 e. The smallest absolute Gasteiger partial charge is 0.126 e. The Hall–Kier alpha value is -1.13. The maximum Gasteiger partial charge on any atom is 0.126 e. The number of thiophene rings is 1. The molecule has 74 valence electrons. The number of imidazole rings is 1. The van der Waals surface area contributed by atoms with Crippen LogP contribution in [-0.2, 0) is 5.54 Å². The summed E-state index contributed by atoms with van der Waals surface area (Å²) in [7, 11) is 0. The van der Waals surface area contributed by atoms with Gasteiger partial charge < -0.3 is 10.7 Å². The quantitative estimate of drug-likeness (QED) is 0.794. The second-order valence-electron chi connectivity index (χ2n) is 3.88. The Bertz CT molecular complexity index is 409. The highest BCUT2D eigenvalue weighted by Gasteiger charge is 2.18. The highest BCUT2D eigenvalue weighted by atomic mass is 32.1. The molecule has 0 saturated heterocycles. The lowest BCUT2D eigenvalue weighted by molar-refractivity contribution is 0.520. The summed E-state index contributed by atoms with van der Waals surface area (Å²) in [5, 5.41) is 4.13. The summed E-state index contributed by atoms with van der Waals surface area (Å²) in [5.41, 5.74) is 7.72. The van der Waals surface area contributed by atoms with Crippen molar-refractivity contribution in [1.82, 2.24) is 9.97 Å². The second-order valence-corrected chi connectivity index (χ2v) is 4.66. The Balaban J connectivity index is 2.36. The Labute approximate surface area is 87.0 Å². The number of nitrogens with two attached hydrogens (primary N) is 1. The van der Waals surface area contributed by atoms with Crippen molar-refractivity contribution in [3.63, 3.8) is 0 Å². The predicted octanol–water partition coefficient (Wildman–Crippen LogP) is 2.33. The lowest BCUT2D eigenvalue weighted by Gasteiger charge is -2.14. The van der Waals surface area contributed by atoms with Crippen LogP contribution in [0.25, 0.3) is 11.3 Å². The zero-order valence-corrected chi connectivity index (χ0v) is 9.06. The van der Waals surface area contributed by atoms with Crippen molar-refractivity contribution >= 4 is 11.3 Å². The van der Waals surface area contributed by atoms with Crippen LogP contribution in [0.3, 0.4) is 0 Å². The Morgan fingerprint density at radius 3 is 2.79 bits per heavy atom.